The molecule has 0 amide bonds. The highest BCUT2D eigenvalue weighted by Crippen LogP contribution is 2.18. The first-order valence-corrected chi connectivity index (χ1v) is 4.95. The van der Waals surface area contributed by atoms with E-state index in [1.54, 1.807) is 18.4 Å². The van der Waals surface area contributed by atoms with Gasteiger partial charge >= 0.3 is 0 Å². The molecule has 2 rings (SSSR count). The summed E-state index contributed by atoms with van der Waals surface area (Å²) in [6, 6.07) is 3.56. The summed E-state index contributed by atoms with van der Waals surface area (Å²) >= 11 is 6.33. The second-order valence-corrected chi connectivity index (χ2v) is 3.59. The van der Waals surface area contributed by atoms with Crippen LogP contribution in [-0.2, 0) is 0 Å². The Balaban J connectivity index is 2.53. The van der Waals surface area contributed by atoms with Crippen molar-refractivity contribution >= 4 is 31.9 Å². The van der Waals surface area contributed by atoms with Crippen LogP contribution in [0.5, 0.6) is 0 Å². The largest absolute Gasteiger partial charge is 0.461 e. The Morgan fingerprint density at radius 2 is 1.77 bits per heavy atom. The molecule has 0 atom stereocenters. The zero-order chi connectivity index (χ0) is 9.26. The van der Waals surface area contributed by atoms with E-state index in [4.69, 9.17) is 4.42 Å². The first kappa shape index (κ1) is 8.83. The number of furan rings is 1. The summed E-state index contributed by atoms with van der Waals surface area (Å²) in [5.74, 6) is 1.11. The van der Waals surface area contributed by atoms with Gasteiger partial charge in [0.05, 0.1) is 6.26 Å². The van der Waals surface area contributed by atoms with Gasteiger partial charge in [-0.05, 0) is 44.0 Å². The Labute approximate surface area is 90.7 Å². The highest BCUT2D eigenvalue weighted by molar-refractivity contribution is 9.11. The lowest BCUT2D eigenvalue weighted by molar-refractivity contribution is 0.576. The van der Waals surface area contributed by atoms with Crippen molar-refractivity contribution in [1.82, 2.24) is 15.0 Å². The lowest BCUT2D eigenvalue weighted by Crippen LogP contribution is -1.92. The van der Waals surface area contributed by atoms with Gasteiger partial charge in [0, 0.05) is 0 Å². The van der Waals surface area contributed by atoms with E-state index in [0.29, 0.717) is 21.1 Å². The lowest BCUT2D eigenvalue weighted by atomic mass is 10.4. The predicted molar refractivity (Wildman–Crippen MR) is 52.9 cm³/mol. The molecule has 0 spiro atoms. The number of nitrogens with zero attached hydrogens (tertiary/aromatic N) is 3. The van der Waals surface area contributed by atoms with Crippen molar-refractivity contribution in [2.24, 2.45) is 0 Å². The zero-order valence-electron chi connectivity index (χ0n) is 6.24. The number of rotatable bonds is 1. The second kappa shape index (κ2) is 3.55. The van der Waals surface area contributed by atoms with Gasteiger partial charge < -0.3 is 4.42 Å². The highest BCUT2D eigenvalue weighted by atomic mass is 79.9. The Hall–Kier alpha value is -0.750. The molecule has 0 aromatic carbocycles. The van der Waals surface area contributed by atoms with Crippen molar-refractivity contribution in [2.45, 2.75) is 0 Å². The fourth-order valence-electron chi connectivity index (χ4n) is 0.842. The molecular weight excluding hydrogens is 302 g/mol. The van der Waals surface area contributed by atoms with Crippen LogP contribution in [-0.4, -0.2) is 15.0 Å². The van der Waals surface area contributed by atoms with Gasteiger partial charge in [0.25, 0.3) is 0 Å². The standard InChI is InChI=1S/C7H3Br2N3O/c8-6-10-5(11-7(9)12-6)4-2-1-3-13-4/h1-3H. The third-order valence-corrected chi connectivity index (χ3v) is 2.03. The molecule has 0 fully saturated rings. The van der Waals surface area contributed by atoms with Gasteiger partial charge in [0.2, 0.25) is 15.3 Å². The van der Waals surface area contributed by atoms with Crippen LogP contribution in [0.2, 0.25) is 0 Å². The van der Waals surface area contributed by atoms with E-state index in [1.807, 2.05) is 0 Å². The molecular formula is C7H3Br2N3O. The van der Waals surface area contributed by atoms with E-state index in [-0.39, 0.29) is 0 Å². The summed E-state index contributed by atoms with van der Waals surface area (Å²) in [7, 11) is 0. The summed E-state index contributed by atoms with van der Waals surface area (Å²) in [5, 5.41) is 0. The fourth-order valence-corrected chi connectivity index (χ4v) is 1.75. The third-order valence-electron chi connectivity index (χ3n) is 1.32. The molecule has 0 radical (unpaired) electrons. The molecule has 0 aliphatic heterocycles. The number of halogens is 2. The molecule has 0 saturated heterocycles. The van der Waals surface area contributed by atoms with Crippen LogP contribution in [0, 0.1) is 0 Å². The lowest BCUT2D eigenvalue weighted by Gasteiger charge is -1.95. The molecule has 4 nitrogen and oxygen atoms in total. The van der Waals surface area contributed by atoms with Crippen LogP contribution in [0.25, 0.3) is 11.6 Å². The monoisotopic (exact) mass is 303 g/mol. The summed E-state index contributed by atoms with van der Waals surface area (Å²) in [5.41, 5.74) is 0. The van der Waals surface area contributed by atoms with Gasteiger partial charge in [-0.2, -0.15) is 15.0 Å². The normalized spacial score (nSPS) is 10.3. The van der Waals surface area contributed by atoms with E-state index in [0.717, 1.165) is 0 Å². The molecule has 0 saturated carbocycles. The second-order valence-electron chi connectivity index (χ2n) is 2.17. The van der Waals surface area contributed by atoms with Crippen LogP contribution in [0.1, 0.15) is 0 Å². The van der Waals surface area contributed by atoms with Gasteiger partial charge in [-0.1, -0.05) is 0 Å². The minimum atomic E-state index is 0.473. The molecule has 2 aromatic rings. The topological polar surface area (TPSA) is 51.8 Å². The Morgan fingerprint density at radius 1 is 1.08 bits per heavy atom. The highest BCUT2D eigenvalue weighted by Gasteiger charge is 2.06. The fraction of sp³-hybridized carbons (Fsp3) is 0. The Morgan fingerprint density at radius 3 is 2.31 bits per heavy atom. The molecule has 0 aliphatic carbocycles. The van der Waals surface area contributed by atoms with E-state index >= 15 is 0 Å². The average molecular weight is 305 g/mol. The van der Waals surface area contributed by atoms with Crippen molar-refractivity contribution in [3.05, 3.63) is 27.9 Å². The van der Waals surface area contributed by atoms with Crippen molar-refractivity contribution < 1.29 is 4.42 Å². The minimum Gasteiger partial charge on any atom is -0.461 e. The van der Waals surface area contributed by atoms with Gasteiger partial charge in [-0.3, -0.25) is 0 Å². The van der Waals surface area contributed by atoms with E-state index < -0.39 is 0 Å². The van der Waals surface area contributed by atoms with Gasteiger partial charge in [-0.25, -0.2) is 0 Å². The molecule has 13 heavy (non-hydrogen) atoms. The number of aromatic nitrogens is 3. The minimum absolute atomic E-state index is 0.473. The number of hydrogen-bond acceptors (Lipinski definition) is 4. The van der Waals surface area contributed by atoms with Crippen LogP contribution >= 0.6 is 31.9 Å². The van der Waals surface area contributed by atoms with E-state index in [1.165, 1.54) is 0 Å². The summed E-state index contributed by atoms with van der Waals surface area (Å²) in [6.45, 7) is 0. The number of hydrogen-bond donors (Lipinski definition) is 0. The maximum atomic E-state index is 5.14. The third kappa shape index (κ3) is 1.94. The van der Waals surface area contributed by atoms with E-state index in [2.05, 4.69) is 46.8 Å². The molecule has 0 unspecified atom stereocenters. The van der Waals surface area contributed by atoms with Crippen molar-refractivity contribution in [3.63, 3.8) is 0 Å². The van der Waals surface area contributed by atoms with Crippen LogP contribution in [0.4, 0.5) is 0 Å². The predicted octanol–water partition coefficient (Wildman–Crippen LogP) is 2.66. The molecule has 0 N–H and O–H groups in total. The SMILES string of the molecule is Brc1nc(Br)nc(-c2ccco2)n1. The molecule has 2 heterocycles. The van der Waals surface area contributed by atoms with Crippen LogP contribution in [0.3, 0.4) is 0 Å². The maximum absolute atomic E-state index is 5.14. The Bertz CT molecular complexity index is 395. The van der Waals surface area contributed by atoms with Crippen molar-refractivity contribution in [1.29, 1.82) is 0 Å². The molecule has 66 valence electrons. The molecule has 0 aliphatic rings. The van der Waals surface area contributed by atoms with Crippen molar-refractivity contribution in [2.75, 3.05) is 0 Å². The van der Waals surface area contributed by atoms with Crippen LogP contribution in [0.15, 0.2) is 32.3 Å². The summed E-state index contributed by atoms with van der Waals surface area (Å²) < 4.78 is 6.08. The van der Waals surface area contributed by atoms with Gasteiger partial charge in [0.1, 0.15) is 0 Å². The van der Waals surface area contributed by atoms with Crippen molar-refractivity contribution in [3.8, 4) is 11.6 Å². The maximum Gasteiger partial charge on any atom is 0.201 e. The van der Waals surface area contributed by atoms with Gasteiger partial charge in [0.15, 0.2) is 5.76 Å². The van der Waals surface area contributed by atoms with Gasteiger partial charge in [-0.15, -0.1) is 0 Å². The molecule has 0 bridgehead atoms. The summed E-state index contributed by atoms with van der Waals surface area (Å²) in [6.07, 6.45) is 1.57. The Kier molecular flexibility index (Phi) is 2.41. The first-order valence-electron chi connectivity index (χ1n) is 3.36. The smallest absolute Gasteiger partial charge is 0.201 e. The molecule has 6 heteroatoms. The first-order chi connectivity index (χ1) is 6.25. The van der Waals surface area contributed by atoms with Crippen LogP contribution < -0.4 is 0 Å². The quantitative estimate of drug-likeness (QED) is 0.813. The van der Waals surface area contributed by atoms with E-state index in [9.17, 15) is 0 Å². The zero-order valence-corrected chi connectivity index (χ0v) is 9.41. The molecule has 2 aromatic heterocycles. The summed E-state index contributed by atoms with van der Waals surface area (Å²) in [4.78, 5) is 12.0. The average Bonchev–Trinajstić information content (AvgIpc) is 2.53.